The summed E-state index contributed by atoms with van der Waals surface area (Å²) in [5.41, 5.74) is 11.3. The molecule has 6 nitrogen and oxygen atoms in total. The number of benzene rings is 7. The van der Waals surface area contributed by atoms with E-state index in [4.69, 9.17) is 24.9 Å². The standard InChI is InChI=1S/C29H24N2Si.C24H21NSi.C23H21N3Si/c1-32(27-15-9-4-10-16-27,28-19-17-25(21-30-28)23-11-5-2-6-12-23)29-20-18-26(22-31-29)24-13-7-3-8-14-24;1-26(22-13-7-3-8-14-22,23-15-9-4-10-16-23)24-18-17-21(19-25-24)20-11-5-2-6-12-20;1-27(2,22-13-11-19(16-25-22)18-8-4-3-5-9-18)23-14-12-20(17-26-23)21-10-6-7-15-24-21/h2-22H,1H3;2-19H,1H3;3-17H,1-2H3. The summed E-state index contributed by atoms with van der Waals surface area (Å²) in [5, 5.41) is 9.75. The van der Waals surface area contributed by atoms with E-state index in [1.807, 2.05) is 73.4 Å². The summed E-state index contributed by atoms with van der Waals surface area (Å²) in [6.45, 7) is 9.32. The van der Waals surface area contributed by atoms with Gasteiger partial charge in [-0.3, -0.25) is 29.9 Å². The smallest absolute Gasteiger partial charge is 0.190 e. The summed E-state index contributed by atoms with van der Waals surface area (Å²) in [6.07, 6.45) is 11.7. The Hall–Kier alpha value is -9.91. The average Bonchev–Trinajstić information content (AvgIpc) is 3.26. The largest absolute Gasteiger partial charge is 0.265 e. The van der Waals surface area contributed by atoms with Gasteiger partial charge in [-0.05, 0) is 109 Å². The Morgan fingerprint density at radius 1 is 0.200 bits per heavy atom. The molecule has 0 aliphatic rings. The van der Waals surface area contributed by atoms with Gasteiger partial charge >= 0.3 is 0 Å². The molecule has 0 bridgehead atoms. The fraction of sp³-hybridized carbons (Fsp3) is 0.0526. The van der Waals surface area contributed by atoms with Gasteiger partial charge in [-0.25, -0.2) is 0 Å². The van der Waals surface area contributed by atoms with Gasteiger partial charge in [0.2, 0.25) is 0 Å². The lowest BCUT2D eigenvalue weighted by atomic mass is 10.1. The van der Waals surface area contributed by atoms with Crippen LogP contribution in [-0.2, 0) is 0 Å². The highest BCUT2D eigenvalue weighted by Gasteiger charge is 2.38. The first-order chi connectivity index (χ1) is 41.7. The lowest BCUT2D eigenvalue weighted by Crippen LogP contribution is -2.66. The predicted octanol–water partition coefficient (Wildman–Crippen LogP) is 12.8. The van der Waals surface area contributed by atoms with Crippen molar-refractivity contribution in [2.24, 2.45) is 0 Å². The van der Waals surface area contributed by atoms with Crippen molar-refractivity contribution in [3.63, 3.8) is 0 Å². The van der Waals surface area contributed by atoms with Gasteiger partial charge in [0.05, 0.1) is 5.69 Å². The summed E-state index contributed by atoms with van der Waals surface area (Å²) in [4.78, 5) is 28.9. The molecule has 0 amide bonds. The van der Waals surface area contributed by atoms with Crippen molar-refractivity contribution in [3.8, 4) is 55.8 Å². The first kappa shape index (κ1) is 56.9. The number of aromatic nitrogens is 6. The molecule has 7 aromatic carbocycles. The molecule has 13 aromatic rings. The molecule has 13 rings (SSSR count). The normalized spacial score (nSPS) is 11.3. The molecule has 0 N–H and O–H groups in total. The molecule has 0 atom stereocenters. The third-order valence-corrected chi connectivity index (χ3v) is 27.7. The fourth-order valence-electron chi connectivity index (χ4n) is 10.8. The maximum Gasteiger partial charge on any atom is 0.190 e. The van der Waals surface area contributed by atoms with Crippen LogP contribution in [0.2, 0.25) is 26.2 Å². The van der Waals surface area contributed by atoms with Crippen molar-refractivity contribution in [2.75, 3.05) is 0 Å². The Kier molecular flexibility index (Phi) is 17.8. The predicted molar refractivity (Wildman–Crippen MR) is 363 cm³/mol. The molecule has 412 valence electrons. The van der Waals surface area contributed by atoms with Gasteiger partial charge in [0.15, 0.2) is 24.2 Å². The number of nitrogens with zero attached hydrogens (tertiary/aromatic N) is 6. The molecular formula is C76H66N6Si3. The monoisotopic (exact) mass is 1150 g/mol. The molecule has 9 heteroatoms. The number of hydrogen-bond acceptors (Lipinski definition) is 6. The molecule has 0 aliphatic carbocycles. The zero-order valence-corrected chi connectivity index (χ0v) is 51.4. The van der Waals surface area contributed by atoms with E-state index in [0.717, 1.165) is 54.8 Å². The zero-order chi connectivity index (χ0) is 58.3. The quantitative estimate of drug-likeness (QED) is 0.107. The van der Waals surface area contributed by atoms with E-state index in [-0.39, 0.29) is 0 Å². The molecule has 6 heterocycles. The van der Waals surface area contributed by atoms with Crippen LogP contribution in [-0.4, -0.2) is 54.1 Å². The van der Waals surface area contributed by atoms with Gasteiger partial charge in [0.1, 0.15) is 0 Å². The molecular weight excluding hydrogens is 1080 g/mol. The Labute approximate surface area is 503 Å². The van der Waals surface area contributed by atoms with Crippen LogP contribution >= 0.6 is 0 Å². The third kappa shape index (κ3) is 13.0. The number of pyridine rings is 6. The lowest BCUT2D eigenvalue weighted by Gasteiger charge is -2.28. The topological polar surface area (TPSA) is 77.3 Å². The Balaban J connectivity index is 0.000000134. The second kappa shape index (κ2) is 26.6. The van der Waals surface area contributed by atoms with Crippen LogP contribution in [0, 0.1) is 0 Å². The van der Waals surface area contributed by atoms with E-state index in [1.54, 1.807) is 6.20 Å². The maximum atomic E-state index is 4.98. The van der Waals surface area contributed by atoms with Crippen LogP contribution in [0.25, 0.3) is 55.8 Å². The van der Waals surface area contributed by atoms with Gasteiger partial charge in [0, 0.05) is 69.3 Å². The Morgan fingerprint density at radius 2 is 0.459 bits per heavy atom. The van der Waals surface area contributed by atoms with E-state index in [1.165, 1.54) is 43.1 Å². The Morgan fingerprint density at radius 3 is 0.741 bits per heavy atom. The van der Waals surface area contributed by atoms with Gasteiger partial charge in [-0.15, -0.1) is 0 Å². The van der Waals surface area contributed by atoms with Crippen LogP contribution < -0.4 is 42.1 Å². The minimum Gasteiger partial charge on any atom is -0.265 e. The maximum absolute atomic E-state index is 4.98. The molecule has 0 radical (unpaired) electrons. The molecule has 0 aliphatic heterocycles. The average molecular weight is 1150 g/mol. The molecule has 0 saturated heterocycles. The van der Waals surface area contributed by atoms with Crippen molar-refractivity contribution in [2.45, 2.75) is 26.2 Å². The van der Waals surface area contributed by atoms with Gasteiger partial charge in [0.25, 0.3) is 0 Å². The van der Waals surface area contributed by atoms with E-state index < -0.39 is 24.2 Å². The molecule has 6 aromatic heterocycles. The summed E-state index contributed by atoms with van der Waals surface area (Å²) >= 11 is 0. The van der Waals surface area contributed by atoms with Gasteiger partial charge in [-0.1, -0.05) is 269 Å². The highest BCUT2D eigenvalue weighted by Crippen LogP contribution is 2.22. The van der Waals surface area contributed by atoms with Gasteiger partial charge in [-0.2, -0.15) is 0 Å². The van der Waals surface area contributed by atoms with Crippen molar-refractivity contribution in [3.05, 3.63) is 328 Å². The molecule has 85 heavy (non-hydrogen) atoms. The summed E-state index contributed by atoms with van der Waals surface area (Å²) in [6, 6.07) is 102. The molecule has 0 unspecified atom stereocenters. The Bertz CT molecular complexity index is 3930. The van der Waals surface area contributed by atoms with Crippen LogP contribution in [0.3, 0.4) is 0 Å². The fourth-order valence-corrected chi connectivity index (χ4v) is 19.4. The van der Waals surface area contributed by atoms with E-state index in [9.17, 15) is 0 Å². The minimum atomic E-state index is -2.35. The van der Waals surface area contributed by atoms with Crippen LogP contribution in [0.1, 0.15) is 0 Å². The van der Waals surface area contributed by atoms with Crippen molar-refractivity contribution in [1.82, 2.24) is 29.9 Å². The third-order valence-electron chi connectivity index (χ3n) is 16.1. The summed E-state index contributed by atoms with van der Waals surface area (Å²) in [7, 11) is -6.41. The zero-order valence-electron chi connectivity index (χ0n) is 48.4. The second-order valence-electron chi connectivity index (χ2n) is 21.8. The van der Waals surface area contributed by atoms with E-state index in [2.05, 4.69) is 280 Å². The van der Waals surface area contributed by atoms with Crippen LogP contribution in [0.15, 0.2) is 328 Å². The second-order valence-corrected chi connectivity index (χ2v) is 33.9. The minimum absolute atomic E-state index is 0.946. The summed E-state index contributed by atoms with van der Waals surface area (Å²) in [5.74, 6) is 0. The van der Waals surface area contributed by atoms with Crippen molar-refractivity contribution >= 4 is 66.4 Å². The van der Waals surface area contributed by atoms with E-state index in [0.29, 0.717) is 0 Å². The SMILES string of the molecule is C[Si](C)(c1ccc(-c2ccccc2)cn1)c1ccc(-c2ccccn2)cn1.C[Si](c1ccccc1)(c1ccc(-c2ccccc2)cn1)c1ccc(-c2ccccc2)cn1.C[Si](c1ccccc1)(c1ccccc1)c1ccc(-c2ccccc2)cn1. The lowest BCUT2D eigenvalue weighted by molar-refractivity contribution is 1.29. The summed E-state index contributed by atoms with van der Waals surface area (Å²) < 4.78 is 0. The first-order valence-electron chi connectivity index (χ1n) is 28.8. The number of hydrogen-bond donors (Lipinski definition) is 0. The highest BCUT2D eigenvalue weighted by atomic mass is 28.3. The number of rotatable bonds is 13. The van der Waals surface area contributed by atoms with Crippen molar-refractivity contribution < 1.29 is 0 Å². The molecule has 0 spiro atoms. The molecule has 0 fully saturated rings. The van der Waals surface area contributed by atoms with Crippen LogP contribution in [0.4, 0.5) is 0 Å². The van der Waals surface area contributed by atoms with Gasteiger partial charge < -0.3 is 0 Å². The van der Waals surface area contributed by atoms with E-state index >= 15 is 0 Å². The molecule has 0 saturated carbocycles. The first-order valence-corrected chi connectivity index (χ1v) is 36.8. The highest BCUT2D eigenvalue weighted by molar-refractivity contribution is 7.10. The van der Waals surface area contributed by atoms with Crippen LogP contribution in [0.5, 0.6) is 0 Å². The van der Waals surface area contributed by atoms with Crippen molar-refractivity contribution in [1.29, 1.82) is 0 Å².